The number of rotatable bonds is 5. The van der Waals surface area contributed by atoms with Crippen LogP contribution in [0.5, 0.6) is 11.5 Å². The molecule has 0 heterocycles. The van der Waals surface area contributed by atoms with Gasteiger partial charge in [0.2, 0.25) is 0 Å². The van der Waals surface area contributed by atoms with Crippen molar-refractivity contribution in [3.8, 4) is 11.5 Å². The molecular weight excluding hydrogens is 432 g/mol. The molecule has 2 aromatic rings. The molecule has 0 atom stereocenters. The van der Waals surface area contributed by atoms with Gasteiger partial charge in [0.05, 0.1) is 12.1 Å². The van der Waals surface area contributed by atoms with Gasteiger partial charge >= 0.3 is 0 Å². The van der Waals surface area contributed by atoms with E-state index in [9.17, 15) is 10.2 Å². The van der Waals surface area contributed by atoms with Crippen molar-refractivity contribution in [1.29, 1.82) is 0 Å². The molecule has 0 unspecified atom stereocenters. The minimum Gasteiger partial charge on any atom is -0.507 e. The quantitative estimate of drug-likeness (QED) is 0.434. The summed E-state index contributed by atoms with van der Waals surface area (Å²) in [5.74, 6) is 0.569. The summed E-state index contributed by atoms with van der Waals surface area (Å²) in [6.45, 7) is 25.7. The van der Waals surface area contributed by atoms with E-state index in [2.05, 4.69) is 73.4 Å². The van der Waals surface area contributed by atoms with Crippen LogP contribution < -0.4 is 0 Å². The van der Waals surface area contributed by atoms with Crippen LogP contribution in [0.25, 0.3) is 0 Å². The monoisotopic (exact) mass is 478 g/mol. The number of phenolic OH excluding ortho intramolecular Hbond substituents is 2. The second kappa shape index (κ2) is 9.79. The van der Waals surface area contributed by atoms with Crippen LogP contribution in [0.2, 0.25) is 0 Å². The lowest BCUT2D eigenvalue weighted by atomic mass is 9.79. The lowest BCUT2D eigenvalue weighted by molar-refractivity contribution is 0.443. The molecule has 2 rings (SSSR count). The number of benzene rings is 2. The number of nitrogens with zero attached hydrogens (tertiary/aromatic N) is 2. The zero-order valence-corrected chi connectivity index (χ0v) is 24.0. The third kappa shape index (κ3) is 7.43. The SMILES string of the molecule is Cc1cc(C=NC(C)(C)CN=Cc2cc(C(C)(C)C)cc(C(C)(C)C)c2O)c(O)c(C(C)(C)C)c1. The number of aromatic hydroxyl groups is 2. The predicted octanol–water partition coefficient (Wildman–Crippen LogP) is 7.62. The van der Waals surface area contributed by atoms with E-state index < -0.39 is 5.54 Å². The molecular formula is C31H46N2O2. The third-order valence-electron chi connectivity index (χ3n) is 6.17. The van der Waals surface area contributed by atoms with Gasteiger partial charge in [0.15, 0.2) is 0 Å². The Morgan fingerprint density at radius 3 is 1.63 bits per heavy atom. The van der Waals surface area contributed by atoms with Gasteiger partial charge < -0.3 is 10.2 Å². The van der Waals surface area contributed by atoms with Crippen molar-refractivity contribution in [2.24, 2.45) is 9.98 Å². The Kier molecular flexibility index (Phi) is 8.01. The molecule has 0 aliphatic rings. The Morgan fingerprint density at radius 2 is 1.14 bits per heavy atom. The average Bonchev–Trinajstić information content (AvgIpc) is 2.67. The minimum absolute atomic E-state index is 0.0401. The molecule has 4 heteroatoms. The van der Waals surface area contributed by atoms with Crippen molar-refractivity contribution in [2.45, 2.75) is 105 Å². The first-order chi connectivity index (χ1) is 15.7. The summed E-state index contributed by atoms with van der Waals surface area (Å²) in [6.07, 6.45) is 3.52. The standard InChI is InChI=1S/C31H46N2O2/c1-20-13-21(26(34)24(14-20)29(5,6)7)18-33-31(11,12)19-32-17-22-15-23(28(2,3)4)16-25(27(22)35)30(8,9)10/h13-18,34-35H,19H2,1-12H3. The fourth-order valence-corrected chi connectivity index (χ4v) is 3.89. The maximum atomic E-state index is 11.0. The maximum absolute atomic E-state index is 11.0. The molecule has 0 fully saturated rings. The van der Waals surface area contributed by atoms with Gasteiger partial charge in [-0.25, -0.2) is 0 Å². The molecule has 2 N–H and O–H groups in total. The van der Waals surface area contributed by atoms with Crippen molar-refractivity contribution in [2.75, 3.05) is 6.54 Å². The molecule has 0 spiro atoms. The van der Waals surface area contributed by atoms with Crippen molar-refractivity contribution in [1.82, 2.24) is 0 Å². The summed E-state index contributed by atoms with van der Waals surface area (Å²) in [4.78, 5) is 9.43. The Balaban J connectivity index is 2.35. The second-order valence-corrected chi connectivity index (χ2v) is 13.5. The van der Waals surface area contributed by atoms with Crippen molar-refractivity contribution in [3.63, 3.8) is 0 Å². The Hall–Kier alpha value is -2.62. The van der Waals surface area contributed by atoms with E-state index in [-0.39, 0.29) is 27.7 Å². The summed E-state index contributed by atoms with van der Waals surface area (Å²) < 4.78 is 0. The zero-order chi connectivity index (χ0) is 27.0. The fourth-order valence-electron chi connectivity index (χ4n) is 3.89. The molecule has 0 saturated heterocycles. The lowest BCUT2D eigenvalue weighted by Crippen LogP contribution is -2.22. The van der Waals surface area contributed by atoms with Gasteiger partial charge in [0.1, 0.15) is 11.5 Å². The Bertz CT molecular complexity index is 1120. The van der Waals surface area contributed by atoms with E-state index in [0.29, 0.717) is 6.54 Å². The smallest absolute Gasteiger partial charge is 0.128 e. The van der Waals surface area contributed by atoms with Gasteiger partial charge in [-0.1, -0.05) is 74.4 Å². The maximum Gasteiger partial charge on any atom is 0.128 e. The van der Waals surface area contributed by atoms with E-state index in [1.165, 1.54) is 5.56 Å². The highest BCUT2D eigenvalue weighted by molar-refractivity contribution is 5.86. The zero-order valence-electron chi connectivity index (χ0n) is 24.0. The molecule has 0 aliphatic carbocycles. The van der Waals surface area contributed by atoms with Gasteiger partial charge in [-0.05, 0) is 60.3 Å². The van der Waals surface area contributed by atoms with E-state index in [0.717, 1.165) is 27.8 Å². The molecule has 0 aromatic heterocycles. The molecule has 0 amide bonds. The second-order valence-electron chi connectivity index (χ2n) is 13.5. The van der Waals surface area contributed by atoms with E-state index in [1.54, 1.807) is 12.4 Å². The number of hydrogen-bond donors (Lipinski definition) is 2. The predicted molar refractivity (Wildman–Crippen MR) is 151 cm³/mol. The molecule has 0 aliphatic heterocycles. The van der Waals surface area contributed by atoms with Crippen LogP contribution in [0.3, 0.4) is 0 Å². The summed E-state index contributed by atoms with van der Waals surface area (Å²) in [5.41, 5.74) is 4.70. The van der Waals surface area contributed by atoms with Crippen molar-refractivity contribution >= 4 is 12.4 Å². The average molecular weight is 479 g/mol. The first-order valence-corrected chi connectivity index (χ1v) is 12.5. The van der Waals surface area contributed by atoms with Crippen LogP contribution in [-0.4, -0.2) is 34.7 Å². The highest BCUT2D eigenvalue weighted by atomic mass is 16.3. The fraction of sp³-hybridized carbons (Fsp3) is 0.548. The van der Waals surface area contributed by atoms with Crippen LogP contribution in [0.4, 0.5) is 0 Å². The number of phenols is 2. The topological polar surface area (TPSA) is 65.2 Å². The van der Waals surface area contributed by atoms with Crippen LogP contribution in [0.1, 0.15) is 110 Å². The lowest BCUT2D eigenvalue weighted by Gasteiger charge is -2.27. The molecule has 0 saturated carbocycles. The molecule has 2 aromatic carbocycles. The van der Waals surface area contributed by atoms with Gasteiger partial charge in [-0.15, -0.1) is 0 Å². The summed E-state index contributed by atoms with van der Waals surface area (Å²) in [5, 5.41) is 21.8. The number of hydrogen-bond acceptors (Lipinski definition) is 4. The normalized spacial score (nSPS) is 13.8. The van der Waals surface area contributed by atoms with Crippen molar-refractivity contribution in [3.05, 3.63) is 57.6 Å². The molecule has 35 heavy (non-hydrogen) atoms. The van der Waals surface area contributed by atoms with Gasteiger partial charge in [-0.2, -0.15) is 0 Å². The van der Waals surface area contributed by atoms with Crippen LogP contribution in [0, 0.1) is 6.92 Å². The van der Waals surface area contributed by atoms with Gasteiger partial charge in [-0.3, -0.25) is 9.98 Å². The van der Waals surface area contributed by atoms with E-state index in [1.807, 2.05) is 39.0 Å². The highest BCUT2D eigenvalue weighted by Gasteiger charge is 2.25. The van der Waals surface area contributed by atoms with Crippen LogP contribution in [0.15, 0.2) is 34.3 Å². The van der Waals surface area contributed by atoms with Crippen LogP contribution in [-0.2, 0) is 16.2 Å². The molecule has 192 valence electrons. The number of aryl methyl sites for hydroxylation is 1. The minimum atomic E-state index is -0.474. The molecule has 0 bridgehead atoms. The summed E-state index contributed by atoms with van der Waals surface area (Å²) in [6, 6.07) is 8.13. The van der Waals surface area contributed by atoms with Gasteiger partial charge in [0.25, 0.3) is 0 Å². The molecule has 0 radical (unpaired) electrons. The van der Waals surface area contributed by atoms with Crippen molar-refractivity contribution < 1.29 is 10.2 Å². The van der Waals surface area contributed by atoms with E-state index >= 15 is 0 Å². The van der Waals surface area contributed by atoms with Crippen LogP contribution >= 0.6 is 0 Å². The largest absolute Gasteiger partial charge is 0.507 e. The summed E-state index contributed by atoms with van der Waals surface area (Å²) in [7, 11) is 0. The Labute approximate surface area is 213 Å². The first-order valence-electron chi connectivity index (χ1n) is 12.5. The highest BCUT2D eigenvalue weighted by Crippen LogP contribution is 2.37. The summed E-state index contributed by atoms with van der Waals surface area (Å²) >= 11 is 0. The number of aliphatic imine (C=N–C) groups is 2. The first kappa shape index (κ1) is 28.6. The van der Waals surface area contributed by atoms with Gasteiger partial charge in [0, 0.05) is 34.7 Å². The Morgan fingerprint density at radius 1 is 0.657 bits per heavy atom. The molecule has 4 nitrogen and oxygen atoms in total. The third-order valence-corrected chi connectivity index (χ3v) is 6.17. The van der Waals surface area contributed by atoms with E-state index in [4.69, 9.17) is 4.99 Å².